The Bertz CT molecular complexity index is 300. The Labute approximate surface area is 92.7 Å². The molecule has 4 heteroatoms. The summed E-state index contributed by atoms with van der Waals surface area (Å²) < 4.78 is 0.791. The van der Waals surface area contributed by atoms with Crippen LogP contribution in [0.4, 0.5) is 5.82 Å². The molecule has 1 heterocycles. The van der Waals surface area contributed by atoms with Gasteiger partial charge in [-0.2, -0.15) is 0 Å². The topological polar surface area (TPSA) is 45.1 Å². The van der Waals surface area contributed by atoms with Crippen LogP contribution in [0.3, 0.4) is 0 Å². The van der Waals surface area contributed by atoms with Gasteiger partial charge in [0.2, 0.25) is 0 Å². The molecule has 78 valence electrons. The zero-order valence-corrected chi connectivity index (χ0v) is 10.0. The minimum atomic E-state index is -0.298. The minimum absolute atomic E-state index is 0.0949. The molecule has 1 unspecified atom stereocenters. The quantitative estimate of drug-likeness (QED) is 0.816. The Balaban J connectivity index is 2.77. The van der Waals surface area contributed by atoms with Gasteiger partial charge < -0.3 is 10.4 Å². The molecule has 2 N–H and O–H groups in total. The summed E-state index contributed by atoms with van der Waals surface area (Å²) in [7, 11) is 0. The molecule has 0 saturated carbocycles. The van der Waals surface area contributed by atoms with Crippen LogP contribution in [-0.4, -0.2) is 22.2 Å². The zero-order chi connectivity index (χ0) is 10.6. The van der Waals surface area contributed by atoms with E-state index < -0.39 is 0 Å². The van der Waals surface area contributed by atoms with E-state index in [2.05, 4.69) is 26.2 Å². The Morgan fingerprint density at radius 1 is 1.57 bits per heavy atom. The molecule has 0 spiro atoms. The van der Waals surface area contributed by atoms with Crippen molar-refractivity contribution in [2.45, 2.75) is 25.8 Å². The molecule has 0 aliphatic carbocycles. The second-order valence-corrected chi connectivity index (χ2v) is 4.36. The van der Waals surface area contributed by atoms with Crippen molar-refractivity contribution in [2.75, 3.05) is 11.9 Å². The van der Waals surface area contributed by atoms with Crippen LogP contribution in [0.25, 0.3) is 0 Å². The van der Waals surface area contributed by atoms with Crippen LogP contribution in [0.2, 0.25) is 0 Å². The molecule has 0 bridgehead atoms. The van der Waals surface area contributed by atoms with Gasteiger partial charge in [-0.25, -0.2) is 4.98 Å². The van der Waals surface area contributed by atoms with Gasteiger partial charge in [-0.15, -0.1) is 0 Å². The van der Waals surface area contributed by atoms with E-state index in [1.165, 1.54) is 0 Å². The summed E-state index contributed by atoms with van der Waals surface area (Å²) in [5, 5.41) is 12.4. The van der Waals surface area contributed by atoms with Crippen LogP contribution in [0, 0.1) is 0 Å². The summed E-state index contributed by atoms with van der Waals surface area (Å²) in [6, 6.07) is 5.66. The summed E-state index contributed by atoms with van der Waals surface area (Å²) in [6.45, 7) is 4.09. The summed E-state index contributed by atoms with van der Waals surface area (Å²) in [6.07, 6.45) is 0.845. The molecule has 1 atom stereocenters. The first-order valence-corrected chi connectivity index (χ1v) is 5.40. The number of rotatable bonds is 4. The average molecular weight is 259 g/mol. The molecule has 0 radical (unpaired) electrons. The molecular weight excluding hydrogens is 244 g/mol. The highest BCUT2D eigenvalue weighted by molar-refractivity contribution is 9.10. The largest absolute Gasteiger partial charge is 0.394 e. The van der Waals surface area contributed by atoms with Gasteiger partial charge in [0.25, 0.3) is 0 Å². The van der Waals surface area contributed by atoms with Crippen molar-refractivity contribution in [1.82, 2.24) is 4.98 Å². The lowest BCUT2D eigenvalue weighted by Crippen LogP contribution is -2.38. The van der Waals surface area contributed by atoms with Gasteiger partial charge in [-0.3, -0.25) is 0 Å². The SMILES string of the molecule is CCC(C)(CO)Nc1cccc(Br)n1. The van der Waals surface area contributed by atoms with Gasteiger partial charge >= 0.3 is 0 Å². The van der Waals surface area contributed by atoms with Crippen molar-refractivity contribution in [3.8, 4) is 0 Å². The molecule has 1 aromatic heterocycles. The van der Waals surface area contributed by atoms with Crippen LogP contribution in [0.5, 0.6) is 0 Å². The lowest BCUT2D eigenvalue weighted by Gasteiger charge is -2.27. The van der Waals surface area contributed by atoms with Crippen LogP contribution < -0.4 is 5.32 Å². The van der Waals surface area contributed by atoms with E-state index in [1.807, 2.05) is 32.0 Å². The van der Waals surface area contributed by atoms with Crippen LogP contribution >= 0.6 is 15.9 Å². The van der Waals surface area contributed by atoms with Gasteiger partial charge in [-0.1, -0.05) is 13.0 Å². The Hall–Kier alpha value is -0.610. The zero-order valence-electron chi connectivity index (χ0n) is 8.42. The summed E-state index contributed by atoms with van der Waals surface area (Å²) in [4.78, 5) is 4.25. The number of nitrogens with zero attached hydrogens (tertiary/aromatic N) is 1. The van der Waals surface area contributed by atoms with E-state index in [9.17, 15) is 5.11 Å². The van der Waals surface area contributed by atoms with Gasteiger partial charge in [-0.05, 0) is 41.4 Å². The molecule has 3 nitrogen and oxygen atoms in total. The van der Waals surface area contributed by atoms with E-state index in [4.69, 9.17) is 0 Å². The number of aromatic nitrogens is 1. The minimum Gasteiger partial charge on any atom is -0.394 e. The molecule has 0 saturated heterocycles. The maximum absolute atomic E-state index is 9.21. The Morgan fingerprint density at radius 3 is 2.79 bits per heavy atom. The van der Waals surface area contributed by atoms with Crippen molar-refractivity contribution >= 4 is 21.7 Å². The lowest BCUT2D eigenvalue weighted by atomic mass is 10.0. The smallest absolute Gasteiger partial charge is 0.127 e. The van der Waals surface area contributed by atoms with Crippen LogP contribution in [-0.2, 0) is 0 Å². The van der Waals surface area contributed by atoms with E-state index in [0.29, 0.717) is 0 Å². The number of hydrogen-bond acceptors (Lipinski definition) is 3. The highest BCUT2D eigenvalue weighted by Gasteiger charge is 2.20. The third-order valence-corrected chi connectivity index (χ3v) is 2.72. The van der Waals surface area contributed by atoms with E-state index in [0.717, 1.165) is 16.8 Å². The molecule has 14 heavy (non-hydrogen) atoms. The predicted octanol–water partition coefficient (Wildman–Crippen LogP) is 2.42. The highest BCUT2D eigenvalue weighted by atomic mass is 79.9. The number of halogens is 1. The van der Waals surface area contributed by atoms with Crippen LogP contribution in [0.15, 0.2) is 22.8 Å². The molecule has 0 aliphatic heterocycles. The molecule has 1 rings (SSSR count). The number of aliphatic hydroxyl groups excluding tert-OH is 1. The van der Waals surface area contributed by atoms with Crippen molar-refractivity contribution in [2.24, 2.45) is 0 Å². The fourth-order valence-electron chi connectivity index (χ4n) is 1.03. The standard InChI is InChI=1S/C10H15BrN2O/c1-3-10(2,7-14)13-9-6-4-5-8(11)12-9/h4-6,14H,3,7H2,1-2H3,(H,12,13). The van der Waals surface area contributed by atoms with E-state index >= 15 is 0 Å². The lowest BCUT2D eigenvalue weighted by molar-refractivity contribution is 0.218. The molecular formula is C10H15BrN2O. The fourth-order valence-corrected chi connectivity index (χ4v) is 1.37. The van der Waals surface area contributed by atoms with Crippen molar-refractivity contribution in [1.29, 1.82) is 0 Å². The van der Waals surface area contributed by atoms with Gasteiger partial charge in [0.05, 0.1) is 12.1 Å². The number of anilines is 1. The molecule has 0 aliphatic rings. The van der Waals surface area contributed by atoms with E-state index in [-0.39, 0.29) is 12.1 Å². The number of hydrogen-bond donors (Lipinski definition) is 2. The summed E-state index contributed by atoms with van der Waals surface area (Å²) in [5.41, 5.74) is -0.298. The second-order valence-electron chi connectivity index (χ2n) is 3.54. The maximum atomic E-state index is 9.21. The van der Waals surface area contributed by atoms with Gasteiger partial charge in [0, 0.05) is 0 Å². The maximum Gasteiger partial charge on any atom is 0.127 e. The molecule has 1 aromatic rings. The van der Waals surface area contributed by atoms with Gasteiger partial charge in [0.1, 0.15) is 10.4 Å². The average Bonchev–Trinajstić information content (AvgIpc) is 2.18. The van der Waals surface area contributed by atoms with Crippen LogP contribution in [0.1, 0.15) is 20.3 Å². The normalized spacial score (nSPS) is 14.9. The third-order valence-electron chi connectivity index (χ3n) is 2.27. The van der Waals surface area contributed by atoms with Crippen molar-refractivity contribution in [3.63, 3.8) is 0 Å². The third kappa shape index (κ3) is 2.96. The number of pyridine rings is 1. The Morgan fingerprint density at radius 2 is 2.29 bits per heavy atom. The summed E-state index contributed by atoms with van der Waals surface area (Å²) in [5.74, 6) is 0.776. The molecule has 0 aromatic carbocycles. The predicted molar refractivity (Wildman–Crippen MR) is 61.3 cm³/mol. The Kier molecular flexibility index (Phi) is 3.89. The first kappa shape index (κ1) is 11.5. The number of nitrogens with one attached hydrogen (secondary N) is 1. The van der Waals surface area contributed by atoms with Crippen molar-refractivity contribution < 1.29 is 5.11 Å². The molecule has 0 fully saturated rings. The van der Waals surface area contributed by atoms with E-state index in [1.54, 1.807) is 0 Å². The monoisotopic (exact) mass is 258 g/mol. The number of aliphatic hydroxyl groups is 1. The summed E-state index contributed by atoms with van der Waals surface area (Å²) >= 11 is 3.30. The van der Waals surface area contributed by atoms with Crippen molar-refractivity contribution in [3.05, 3.63) is 22.8 Å². The fraction of sp³-hybridized carbons (Fsp3) is 0.500. The van der Waals surface area contributed by atoms with Gasteiger partial charge in [0.15, 0.2) is 0 Å². The molecule has 0 amide bonds. The first-order chi connectivity index (χ1) is 6.59. The highest BCUT2D eigenvalue weighted by Crippen LogP contribution is 2.17. The first-order valence-electron chi connectivity index (χ1n) is 4.61. The second kappa shape index (κ2) is 4.75.